The van der Waals surface area contributed by atoms with Crippen molar-refractivity contribution in [3.8, 4) is 0 Å². The summed E-state index contributed by atoms with van der Waals surface area (Å²) in [5.41, 5.74) is 4.01. The van der Waals surface area contributed by atoms with Crippen molar-refractivity contribution >= 4 is 55.1 Å². The Morgan fingerprint density at radius 3 is 1.76 bits per heavy atom. The molecule has 0 saturated heterocycles. The highest BCUT2D eigenvalue weighted by Gasteiger charge is 2.38. The summed E-state index contributed by atoms with van der Waals surface area (Å²) in [6.07, 6.45) is 3.09. The normalized spacial score (nSPS) is 16.6. The van der Waals surface area contributed by atoms with Gasteiger partial charge in [-0.05, 0) is 101 Å². The van der Waals surface area contributed by atoms with Crippen LogP contribution >= 0.6 is 0 Å². The van der Waals surface area contributed by atoms with Gasteiger partial charge in [-0.1, -0.05) is 78.9 Å². The number of anilines is 4. The summed E-state index contributed by atoms with van der Waals surface area (Å²) in [4.78, 5) is 4.05. The predicted molar refractivity (Wildman–Crippen MR) is 190 cm³/mol. The van der Waals surface area contributed by atoms with Crippen molar-refractivity contribution in [3.05, 3.63) is 157 Å². The van der Waals surface area contributed by atoms with Crippen molar-refractivity contribution in [1.82, 2.24) is 0 Å². The first-order valence-corrected chi connectivity index (χ1v) is 16.4. The maximum Gasteiger partial charge on any atom is 0.416 e. The van der Waals surface area contributed by atoms with Crippen LogP contribution in [-0.4, -0.2) is 6.18 Å². The van der Waals surface area contributed by atoms with E-state index in [1.165, 1.54) is 18.2 Å². The van der Waals surface area contributed by atoms with E-state index in [9.17, 15) is 26.3 Å². The number of hydrogen-bond donors (Lipinski definition) is 0. The lowest BCUT2D eigenvalue weighted by molar-refractivity contribution is -0.160. The molecule has 6 aromatic rings. The first-order chi connectivity index (χ1) is 24.1. The molecular formula is C42H30F6N2. The SMILES string of the molecule is FC(F)(F)c1ccc(N(C2=CC=CCC2)c2ccc3ccc4c(N(C5=CCC(C(F)(F)F)C=C5)c5ccccc5)ccc5ccc2c3c54)cc1. The van der Waals surface area contributed by atoms with Gasteiger partial charge >= 0.3 is 12.4 Å². The molecule has 50 heavy (non-hydrogen) atoms. The van der Waals surface area contributed by atoms with Gasteiger partial charge in [-0.2, -0.15) is 26.3 Å². The van der Waals surface area contributed by atoms with E-state index in [0.717, 1.165) is 73.6 Å². The quantitative estimate of drug-likeness (QED) is 0.128. The van der Waals surface area contributed by atoms with Crippen LogP contribution in [0.2, 0.25) is 0 Å². The van der Waals surface area contributed by atoms with Crippen LogP contribution in [0.5, 0.6) is 0 Å². The van der Waals surface area contributed by atoms with Gasteiger partial charge in [0.1, 0.15) is 0 Å². The van der Waals surface area contributed by atoms with Crippen molar-refractivity contribution in [2.24, 2.45) is 5.92 Å². The minimum atomic E-state index is -4.45. The Morgan fingerprint density at radius 1 is 0.620 bits per heavy atom. The average Bonchev–Trinajstić information content (AvgIpc) is 3.12. The average molecular weight is 677 g/mol. The molecule has 0 amide bonds. The summed E-state index contributed by atoms with van der Waals surface area (Å²) < 4.78 is 81.3. The van der Waals surface area contributed by atoms with Gasteiger partial charge in [-0.25, -0.2) is 0 Å². The molecule has 0 radical (unpaired) electrons. The summed E-state index contributed by atoms with van der Waals surface area (Å²) in [7, 11) is 0. The molecule has 0 fully saturated rings. The van der Waals surface area contributed by atoms with Gasteiger partial charge < -0.3 is 9.80 Å². The Labute approximate surface area is 284 Å². The molecule has 2 aliphatic rings. The second kappa shape index (κ2) is 12.1. The fourth-order valence-electron chi connectivity index (χ4n) is 7.22. The molecule has 0 heterocycles. The summed E-state index contributed by atoms with van der Waals surface area (Å²) in [5.74, 6) is -1.54. The maximum absolute atomic E-state index is 13.6. The second-order valence-electron chi connectivity index (χ2n) is 12.6. The lowest BCUT2D eigenvalue weighted by Gasteiger charge is -2.32. The summed E-state index contributed by atoms with van der Waals surface area (Å²) >= 11 is 0. The number of para-hydroxylation sites is 1. The number of hydrogen-bond acceptors (Lipinski definition) is 2. The van der Waals surface area contributed by atoms with Crippen LogP contribution in [-0.2, 0) is 6.18 Å². The van der Waals surface area contributed by atoms with Crippen LogP contribution in [0.25, 0.3) is 32.3 Å². The zero-order valence-electron chi connectivity index (χ0n) is 26.6. The molecule has 8 rings (SSSR count). The third kappa shape index (κ3) is 5.58. The van der Waals surface area contributed by atoms with Gasteiger partial charge in [0.05, 0.1) is 22.9 Å². The topological polar surface area (TPSA) is 6.48 Å². The van der Waals surface area contributed by atoms with E-state index >= 15 is 0 Å². The van der Waals surface area contributed by atoms with Crippen molar-refractivity contribution in [2.75, 3.05) is 9.80 Å². The largest absolute Gasteiger partial charge is 0.416 e. The van der Waals surface area contributed by atoms with Gasteiger partial charge in [0.15, 0.2) is 0 Å². The van der Waals surface area contributed by atoms with Crippen LogP contribution in [0.1, 0.15) is 24.8 Å². The highest BCUT2D eigenvalue weighted by molar-refractivity contribution is 6.27. The fourth-order valence-corrected chi connectivity index (χ4v) is 7.22. The van der Waals surface area contributed by atoms with Crippen molar-refractivity contribution in [2.45, 2.75) is 31.6 Å². The van der Waals surface area contributed by atoms with E-state index in [4.69, 9.17) is 0 Å². The molecule has 2 aliphatic carbocycles. The van der Waals surface area contributed by atoms with Gasteiger partial charge in [0.25, 0.3) is 0 Å². The van der Waals surface area contributed by atoms with Gasteiger partial charge in [-0.3, -0.25) is 0 Å². The van der Waals surface area contributed by atoms with Crippen LogP contribution in [0.15, 0.2) is 151 Å². The molecule has 1 unspecified atom stereocenters. The third-order valence-electron chi connectivity index (χ3n) is 9.61. The third-order valence-corrected chi connectivity index (χ3v) is 9.61. The molecule has 8 heteroatoms. The monoisotopic (exact) mass is 676 g/mol. The van der Waals surface area contributed by atoms with Gasteiger partial charge in [-0.15, -0.1) is 0 Å². The fraction of sp³-hybridized carbons (Fsp3) is 0.143. The highest BCUT2D eigenvalue weighted by atomic mass is 19.4. The summed E-state index contributed by atoms with van der Waals surface area (Å²) in [6.45, 7) is 0. The van der Waals surface area contributed by atoms with Crippen molar-refractivity contribution in [3.63, 3.8) is 0 Å². The molecule has 0 N–H and O–H groups in total. The minimum Gasteiger partial charge on any atom is -0.314 e. The van der Waals surface area contributed by atoms with Gasteiger partial charge in [0.2, 0.25) is 0 Å². The molecule has 250 valence electrons. The molecule has 0 bridgehead atoms. The Kier molecular flexibility index (Phi) is 7.70. The number of benzene rings is 6. The molecule has 0 aromatic heterocycles. The number of allylic oxidation sites excluding steroid dienone is 7. The first kappa shape index (κ1) is 31.7. The summed E-state index contributed by atoms with van der Waals surface area (Å²) in [6, 6.07) is 31.2. The lowest BCUT2D eigenvalue weighted by atomic mass is 9.91. The molecule has 0 aliphatic heterocycles. The zero-order valence-corrected chi connectivity index (χ0v) is 26.6. The van der Waals surface area contributed by atoms with Crippen LogP contribution in [0, 0.1) is 5.92 Å². The Bertz CT molecular complexity index is 2330. The number of nitrogens with zero attached hydrogens (tertiary/aromatic N) is 2. The van der Waals surface area contributed by atoms with Crippen LogP contribution in [0.4, 0.5) is 49.1 Å². The number of alkyl halides is 6. The lowest BCUT2D eigenvalue weighted by Crippen LogP contribution is -2.24. The van der Waals surface area contributed by atoms with E-state index in [0.29, 0.717) is 17.8 Å². The molecule has 2 nitrogen and oxygen atoms in total. The van der Waals surface area contributed by atoms with Crippen molar-refractivity contribution in [1.29, 1.82) is 0 Å². The van der Waals surface area contributed by atoms with Crippen LogP contribution in [0.3, 0.4) is 0 Å². The number of halogens is 6. The van der Waals surface area contributed by atoms with E-state index in [1.54, 1.807) is 12.2 Å². The standard InChI is InChI=1S/C42H30F6N2/c43-41(44,45)29-15-19-33(20-16-29)49(31-7-3-1-4-8-31)37-25-13-27-12-24-36-38(26-14-28-11-23-35(37)39(27)40(28)36)50(32-9-5-2-6-10-32)34-21-17-30(18-22-34)42(46,47)48/h1-5,7-9,11-15,17-26,29H,6,10,16H2. The number of rotatable bonds is 6. The Morgan fingerprint density at radius 2 is 1.22 bits per heavy atom. The van der Waals surface area contributed by atoms with Crippen molar-refractivity contribution < 1.29 is 26.3 Å². The second-order valence-corrected chi connectivity index (χ2v) is 12.6. The van der Waals surface area contributed by atoms with Gasteiger partial charge in [0, 0.05) is 33.5 Å². The Hall–Kier alpha value is -5.50. The minimum absolute atomic E-state index is 0.154. The van der Waals surface area contributed by atoms with E-state index < -0.39 is 23.8 Å². The van der Waals surface area contributed by atoms with Crippen LogP contribution < -0.4 is 9.80 Å². The molecular weight excluding hydrogens is 646 g/mol. The summed E-state index contributed by atoms with van der Waals surface area (Å²) in [5, 5.41) is 5.86. The molecule has 1 atom stereocenters. The zero-order chi connectivity index (χ0) is 34.6. The highest BCUT2D eigenvalue weighted by Crippen LogP contribution is 2.47. The smallest absolute Gasteiger partial charge is 0.314 e. The Balaban J connectivity index is 1.33. The molecule has 0 saturated carbocycles. The van der Waals surface area contributed by atoms with E-state index in [2.05, 4.69) is 30.3 Å². The van der Waals surface area contributed by atoms with E-state index in [1.807, 2.05) is 76.5 Å². The molecule has 0 spiro atoms. The van der Waals surface area contributed by atoms with E-state index in [-0.39, 0.29) is 6.42 Å². The predicted octanol–water partition coefficient (Wildman–Crippen LogP) is 13.1. The maximum atomic E-state index is 13.6. The molecule has 6 aromatic carbocycles. The first-order valence-electron chi connectivity index (χ1n) is 16.4.